The number of thiazole rings is 1. The molecule has 0 bridgehead atoms. The van der Waals surface area contributed by atoms with E-state index in [2.05, 4.69) is 10.1 Å². The normalized spacial score (nSPS) is 12.3. The quantitative estimate of drug-likeness (QED) is 0.517. The van der Waals surface area contributed by atoms with Crippen molar-refractivity contribution in [2.24, 2.45) is 4.99 Å². The SMILES string of the molecule is CCn1c(=NC(=O)c2cc(C)n(C(C)C)n2)sc2cc([N+](=O)[O-])ccc21. The van der Waals surface area contributed by atoms with E-state index in [1.165, 1.54) is 23.5 Å². The number of aromatic nitrogens is 3. The van der Waals surface area contributed by atoms with Crippen molar-refractivity contribution >= 4 is 33.1 Å². The van der Waals surface area contributed by atoms with Crippen LogP contribution in [0, 0.1) is 17.0 Å². The summed E-state index contributed by atoms with van der Waals surface area (Å²) in [6.07, 6.45) is 0. The molecule has 8 nitrogen and oxygen atoms in total. The van der Waals surface area contributed by atoms with Crippen LogP contribution in [0.4, 0.5) is 5.69 Å². The molecule has 3 aromatic rings. The van der Waals surface area contributed by atoms with E-state index in [1.54, 1.807) is 16.8 Å². The first-order chi connectivity index (χ1) is 12.3. The van der Waals surface area contributed by atoms with Gasteiger partial charge in [-0.1, -0.05) is 11.3 Å². The number of nitrogens with zero attached hydrogens (tertiary/aromatic N) is 5. The number of amides is 1. The second-order valence-corrected chi connectivity index (χ2v) is 7.17. The Bertz CT molecular complexity index is 1070. The van der Waals surface area contributed by atoms with Crippen LogP contribution in [0.25, 0.3) is 10.2 Å². The molecule has 0 aliphatic rings. The van der Waals surface area contributed by atoms with Crippen molar-refractivity contribution in [3.8, 4) is 0 Å². The van der Waals surface area contributed by atoms with Crippen LogP contribution >= 0.6 is 11.3 Å². The molecule has 0 aliphatic heterocycles. The molecule has 9 heteroatoms. The third-order valence-corrected chi connectivity index (χ3v) is 5.06. The molecule has 1 aromatic carbocycles. The molecule has 0 spiro atoms. The van der Waals surface area contributed by atoms with E-state index in [0.29, 0.717) is 17.0 Å². The van der Waals surface area contributed by atoms with Crippen LogP contribution in [0.1, 0.15) is 43.0 Å². The summed E-state index contributed by atoms with van der Waals surface area (Å²) < 4.78 is 4.37. The van der Waals surface area contributed by atoms with Crippen LogP contribution in [-0.4, -0.2) is 25.2 Å². The molecule has 0 saturated heterocycles. The molecule has 2 aromatic heterocycles. The van der Waals surface area contributed by atoms with Crippen LogP contribution in [-0.2, 0) is 6.54 Å². The van der Waals surface area contributed by atoms with Crippen LogP contribution < -0.4 is 4.80 Å². The second kappa shape index (κ2) is 6.83. The topological polar surface area (TPSA) is 95.3 Å². The zero-order valence-corrected chi connectivity index (χ0v) is 15.8. The van der Waals surface area contributed by atoms with Gasteiger partial charge in [0.05, 0.1) is 15.1 Å². The molecule has 0 fully saturated rings. The molecule has 1 amide bonds. The van der Waals surface area contributed by atoms with Gasteiger partial charge in [0.15, 0.2) is 10.5 Å². The maximum absolute atomic E-state index is 12.6. The second-order valence-electron chi connectivity index (χ2n) is 6.16. The van der Waals surface area contributed by atoms with Crippen molar-refractivity contribution in [3.63, 3.8) is 0 Å². The number of fused-ring (bicyclic) bond motifs is 1. The molecular weight excluding hydrogens is 354 g/mol. The molecule has 0 radical (unpaired) electrons. The summed E-state index contributed by atoms with van der Waals surface area (Å²) in [5, 5.41) is 15.3. The van der Waals surface area contributed by atoms with Crippen molar-refractivity contribution in [1.29, 1.82) is 0 Å². The van der Waals surface area contributed by atoms with E-state index in [9.17, 15) is 14.9 Å². The highest BCUT2D eigenvalue weighted by atomic mass is 32.1. The standard InChI is InChI=1S/C17H19N5O3S/c1-5-20-14-7-6-12(22(24)25)9-15(14)26-17(20)18-16(23)13-8-11(4)21(19-13)10(2)3/h6-10H,5H2,1-4H3. The fourth-order valence-corrected chi connectivity index (χ4v) is 3.95. The zero-order chi connectivity index (χ0) is 19.0. The van der Waals surface area contributed by atoms with Crippen molar-refractivity contribution in [2.45, 2.75) is 40.3 Å². The molecule has 0 saturated carbocycles. The summed E-state index contributed by atoms with van der Waals surface area (Å²) in [6.45, 7) is 8.43. The van der Waals surface area contributed by atoms with E-state index in [-0.39, 0.29) is 11.7 Å². The molecule has 0 aliphatic carbocycles. The average molecular weight is 373 g/mol. The van der Waals surface area contributed by atoms with E-state index in [4.69, 9.17) is 0 Å². The van der Waals surface area contributed by atoms with Crippen molar-refractivity contribution in [2.75, 3.05) is 0 Å². The fraction of sp³-hybridized carbons (Fsp3) is 0.353. The molecule has 0 unspecified atom stereocenters. The highest BCUT2D eigenvalue weighted by Gasteiger charge is 2.15. The summed E-state index contributed by atoms with van der Waals surface area (Å²) in [5.41, 5.74) is 2.03. The number of nitro groups is 1. The maximum Gasteiger partial charge on any atom is 0.300 e. The highest BCUT2D eigenvalue weighted by Crippen LogP contribution is 2.23. The Labute approximate surface area is 153 Å². The monoisotopic (exact) mass is 373 g/mol. The molecule has 2 heterocycles. The number of hydrogen-bond donors (Lipinski definition) is 0. The first-order valence-electron chi connectivity index (χ1n) is 8.24. The highest BCUT2D eigenvalue weighted by molar-refractivity contribution is 7.16. The number of aryl methyl sites for hydroxylation is 2. The number of rotatable bonds is 4. The number of carbonyl (C=O) groups is 1. The lowest BCUT2D eigenvalue weighted by atomic mass is 10.3. The lowest BCUT2D eigenvalue weighted by Gasteiger charge is -2.06. The molecule has 0 atom stereocenters. The lowest BCUT2D eigenvalue weighted by molar-refractivity contribution is -0.384. The van der Waals surface area contributed by atoms with E-state index in [0.717, 1.165) is 15.9 Å². The Morgan fingerprint density at radius 3 is 2.69 bits per heavy atom. The van der Waals surface area contributed by atoms with Gasteiger partial charge in [0.1, 0.15) is 0 Å². The van der Waals surface area contributed by atoms with Gasteiger partial charge >= 0.3 is 0 Å². The predicted molar refractivity (Wildman–Crippen MR) is 99.4 cm³/mol. The minimum absolute atomic E-state index is 0.0196. The van der Waals surface area contributed by atoms with E-state index in [1.807, 2.05) is 32.3 Å². The number of hydrogen-bond acceptors (Lipinski definition) is 5. The third kappa shape index (κ3) is 3.17. The third-order valence-electron chi connectivity index (χ3n) is 4.02. The van der Waals surface area contributed by atoms with Gasteiger partial charge in [0.2, 0.25) is 0 Å². The maximum atomic E-state index is 12.6. The molecular formula is C17H19N5O3S. The Morgan fingerprint density at radius 2 is 2.12 bits per heavy atom. The Kier molecular flexibility index (Phi) is 4.73. The van der Waals surface area contributed by atoms with Gasteiger partial charge in [-0.2, -0.15) is 10.1 Å². The first kappa shape index (κ1) is 18.0. The smallest absolute Gasteiger partial charge is 0.300 e. The minimum atomic E-state index is -0.432. The number of carbonyl (C=O) groups excluding carboxylic acids is 1. The largest absolute Gasteiger partial charge is 0.317 e. The van der Waals surface area contributed by atoms with Gasteiger partial charge in [0.25, 0.3) is 11.6 Å². The van der Waals surface area contributed by atoms with Gasteiger partial charge in [-0.25, -0.2) is 0 Å². The number of non-ortho nitro benzene ring substituents is 1. The Hall–Kier alpha value is -2.81. The summed E-state index contributed by atoms with van der Waals surface area (Å²) >= 11 is 1.26. The van der Waals surface area contributed by atoms with Gasteiger partial charge < -0.3 is 4.57 Å². The van der Waals surface area contributed by atoms with Crippen LogP contribution in [0.3, 0.4) is 0 Å². The molecule has 26 heavy (non-hydrogen) atoms. The minimum Gasteiger partial charge on any atom is -0.317 e. The van der Waals surface area contributed by atoms with Gasteiger partial charge in [-0.3, -0.25) is 19.6 Å². The Morgan fingerprint density at radius 1 is 1.38 bits per heavy atom. The first-order valence-corrected chi connectivity index (χ1v) is 9.06. The zero-order valence-electron chi connectivity index (χ0n) is 15.0. The summed E-state index contributed by atoms with van der Waals surface area (Å²) in [4.78, 5) is 27.8. The average Bonchev–Trinajstić information content (AvgIpc) is 3.13. The fourth-order valence-electron chi connectivity index (χ4n) is 2.83. The number of nitro benzene ring substituents is 1. The molecule has 136 valence electrons. The van der Waals surface area contributed by atoms with Crippen molar-refractivity contribution in [3.05, 3.63) is 50.6 Å². The number of benzene rings is 1. The van der Waals surface area contributed by atoms with Crippen LogP contribution in [0.2, 0.25) is 0 Å². The summed E-state index contributed by atoms with van der Waals surface area (Å²) in [7, 11) is 0. The van der Waals surface area contributed by atoms with Crippen molar-refractivity contribution < 1.29 is 9.72 Å². The van der Waals surface area contributed by atoms with Crippen LogP contribution in [0.15, 0.2) is 29.3 Å². The summed E-state index contributed by atoms with van der Waals surface area (Å²) in [5.74, 6) is -0.421. The van der Waals surface area contributed by atoms with Crippen LogP contribution in [0.5, 0.6) is 0 Å². The lowest BCUT2D eigenvalue weighted by Crippen LogP contribution is -2.16. The van der Waals surface area contributed by atoms with Gasteiger partial charge in [0, 0.05) is 30.4 Å². The molecule has 0 N–H and O–H groups in total. The summed E-state index contributed by atoms with van der Waals surface area (Å²) in [6, 6.07) is 6.53. The van der Waals surface area contributed by atoms with Crippen molar-refractivity contribution in [1.82, 2.24) is 14.3 Å². The molecule has 3 rings (SSSR count). The predicted octanol–water partition coefficient (Wildman–Crippen LogP) is 3.46. The Balaban J connectivity index is 2.10. The van der Waals surface area contributed by atoms with E-state index >= 15 is 0 Å². The van der Waals surface area contributed by atoms with Gasteiger partial charge in [-0.15, -0.1) is 0 Å². The van der Waals surface area contributed by atoms with Gasteiger partial charge in [-0.05, 0) is 39.8 Å². The van der Waals surface area contributed by atoms with E-state index < -0.39 is 10.8 Å².